The number of piperazine rings is 1. The van der Waals surface area contributed by atoms with Gasteiger partial charge in [0.05, 0.1) is 16.8 Å². The van der Waals surface area contributed by atoms with Crippen molar-refractivity contribution in [1.82, 2.24) is 15.2 Å². The molecule has 0 radical (unpaired) electrons. The van der Waals surface area contributed by atoms with Crippen LogP contribution in [0.15, 0.2) is 36.4 Å². The van der Waals surface area contributed by atoms with Crippen LogP contribution in [-0.2, 0) is 0 Å². The summed E-state index contributed by atoms with van der Waals surface area (Å²) in [4.78, 5) is 22.3. The lowest BCUT2D eigenvalue weighted by Gasteiger charge is -2.34. The smallest absolute Gasteiger partial charge is 0.251 e. The molecule has 3 aromatic rings. The summed E-state index contributed by atoms with van der Waals surface area (Å²) in [6, 6.07) is 11.8. The number of nitrogens with one attached hydrogen (secondary N) is 1. The Morgan fingerprint density at radius 3 is 2.76 bits per heavy atom. The van der Waals surface area contributed by atoms with E-state index < -0.39 is 0 Å². The molecule has 33 heavy (non-hydrogen) atoms. The summed E-state index contributed by atoms with van der Waals surface area (Å²) in [6.07, 6.45) is 2.11. The van der Waals surface area contributed by atoms with Crippen molar-refractivity contribution in [2.45, 2.75) is 33.6 Å². The van der Waals surface area contributed by atoms with E-state index >= 15 is 0 Å². The number of fused-ring (bicyclic) bond motifs is 1. The zero-order valence-corrected chi connectivity index (χ0v) is 20.7. The topological polar surface area (TPSA) is 57.7 Å². The minimum absolute atomic E-state index is 0.0466. The number of rotatable bonds is 9. The first-order valence-corrected chi connectivity index (χ1v) is 12.7. The second-order valence-electron chi connectivity index (χ2n) is 8.67. The van der Waals surface area contributed by atoms with Crippen LogP contribution in [0.25, 0.3) is 10.2 Å². The Bertz CT molecular complexity index is 1090. The highest BCUT2D eigenvalue weighted by Gasteiger charge is 2.20. The summed E-state index contributed by atoms with van der Waals surface area (Å²) >= 11 is 1.78. The number of benzene rings is 2. The third-order valence-electron chi connectivity index (χ3n) is 6.29. The minimum Gasteiger partial charge on any atom is -0.494 e. The molecule has 1 saturated heterocycles. The van der Waals surface area contributed by atoms with E-state index in [1.807, 2.05) is 24.3 Å². The number of hydrogen-bond donors (Lipinski definition) is 1. The van der Waals surface area contributed by atoms with Gasteiger partial charge in [-0.1, -0.05) is 36.8 Å². The molecular weight excluding hydrogens is 432 g/mol. The first-order chi connectivity index (χ1) is 16.0. The molecule has 1 aliphatic rings. The van der Waals surface area contributed by atoms with Crippen LogP contribution in [0.1, 0.15) is 41.3 Å². The maximum Gasteiger partial charge on any atom is 0.251 e. The standard InChI is InChI=1S/C26H34N4O2S/c1-4-5-17-32-22-8-6-7-21(18-22)25(31)27-11-12-29-13-15-30(16-14-29)26-28-24-20(3)19(2)9-10-23(24)33-26/h6-10,18H,4-5,11-17H2,1-3H3,(H,27,31). The molecular formula is C26H34N4O2S. The van der Waals surface area contributed by atoms with Crippen LogP contribution in [0, 0.1) is 13.8 Å². The number of carbonyl (C=O) groups is 1. The lowest BCUT2D eigenvalue weighted by molar-refractivity contribution is 0.0947. The van der Waals surface area contributed by atoms with Crippen LogP contribution >= 0.6 is 11.3 Å². The highest BCUT2D eigenvalue weighted by Crippen LogP contribution is 2.32. The SMILES string of the molecule is CCCCOc1cccc(C(=O)NCCN2CCN(c3nc4c(C)c(C)ccc4s3)CC2)c1. The average molecular weight is 467 g/mol. The molecule has 0 unspecified atom stereocenters. The first-order valence-electron chi connectivity index (χ1n) is 11.9. The van der Waals surface area contributed by atoms with Crippen molar-refractivity contribution in [2.24, 2.45) is 0 Å². The van der Waals surface area contributed by atoms with E-state index in [-0.39, 0.29) is 5.91 Å². The molecule has 0 aliphatic carbocycles. The van der Waals surface area contributed by atoms with Crippen LogP contribution in [0.3, 0.4) is 0 Å². The highest BCUT2D eigenvalue weighted by molar-refractivity contribution is 7.22. The number of anilines is 1. The molecule has 2 heterocycles. The van der Waals surface area contributed by atoms with Gasteiger partial charge in [-0.05, 0) is 55.7 Å². The van der Waals surface area contributed by atoms with E-state index in [9.17, 15) is 4.79 Å². The Hall–Kier alpha value is -2.64. The fourth-order valence-corrected chi connectivity index (χ4v) is 5.08. The predicted molar refractivity (Wildman–Crippen MR) is 137 cm³/mol. The van der Waals surface area contributed by atoms with Crippen molar-refractivity contribution in [3.8, 4) is 5.75 Å². The van der Waals surface area contributed by atoms with Gasteiger partial charge in [-0.15, -0.1) is 0 Å². The Kier molecular flexibility index (Phi) is 7.83. The number of aromatic nitrogens is 1. The minimum atomic E-state index is -0.0466. The van der Waals surface area contributed by atoms with Gasteiger partial charge in [0.1, 0.15) is 5.75 Å². The summed E-state index contributed by atoms with van der Waals surface area (Å²) in [5.74, 6) is 0.710. The Morgan fingerprint density at radius 2 is 1.97 bits per heavy atom. The van der Waals surface area contributed by atoms with E-state index in [0.29, 0.717) is 18.7 Å². The molecule has 176 valence electrons. The average Bonchev–Trinajstić information content (AvgIpc) is 3.27. The Labute approximate surface area is 200 Å². The molecule has 1 N–H and O–H groups in total. The molecule has 7 heteroatoms. The number of ether oxygens (including phenoxy) is 1. The van der Waals surface area contributed by atoms with Gasteiger partial charge >= 0.3 is 0 Å². The molecule has 1 amide bonds. The zero-order chi connectivity index (χ0) is 23.2. The van der Waals surface area contributed by atoms with Gasteiger partial charge in [0.2, 0.25) is 0 Å². The number of nitrogens with zero attached hydrogens (tertiary/aromatic N) is 3. The van der Waals surface area contributed by atoms with Gasteiger partial charge in [0.25, 0.3) is 5.91 Å². The summed E-state index contributed by atoms with van der Waals surface area (Å²) in [5, 5.41) is 4.17. The number of thiazole rings is 1. The zero-order valence-electron chi connectivity index (χ0n) is 19.9. The van der Waals surface area contributed by atoms with Crippen molar-refractivity contribution >= 4 is 32.6 Å². The van der Waals surface area contributed by atoms with Gasteiger partial charge in [-0.25, -0.2) is 4.98 Å². The Morgan fingerprint density at radius 1 is 1.15 bits per heavy atom. The highest BCUT2D eigenvalue weighted by atomic mass is 32.1. The molecule has 1 fully saturated rings. The van der Waals surface area contributed by atoms with Crippen molar-refractivity contribution < 1.29 is 9.53 Å². The second kappa shape index (κ2) is 11.0. The Balaban J connectivity index is 1.23. The molecule has 0 atom stereocenters. The van der Waals surface area contributed by atoms with E-state index in [2.05, 4.69) is 48.0 Å². The lowest BCUT2D eigenvalue weighted by Crippen LogP contribution is -2.48. The molecule has 4 rings (SSSR count). The van der Waals surface area contributed by atoms with Crippen molar-refractivity contribution in [3.63, 3.8) is 0 Å². The van der Waals surface area contributed by atoms with Crippen molar-refractivity contribution in [3.05, 3.63) is 53.1 Å². The van der Waals surface area contributed by atoms with Gasteiger partial charge in [-0.2, -0.15) is 0 Å². The largest absolute Gasteiger partial charge is 0.494 e. The molecule has 0 spiro atoms. The normalized spacial score (nSPS) is 14.6. The number of carbonyl (C=O) groups excluding carboxylic acids is 1. The van der Waals surface area contributed by atoms with Gasteiger partial charge in [0.15, 0.2) is 5.13 Å². The summed E-state index contributed by atoms with van der Waals surface area (Å²) in [6.45, 7) is 12.5. The van der Waals surface area contributed by atoms with Gasteiger partial charge < -0.3 is 15.0 Å². The van der Waals surface area contributed by atoms with E-state index in [0.717, 1.165) is 62.0 Å². The molecule has 0 bridgehead atoms. The maximum atomic E-state index is 12.5. The van der Waals surface area contributed by atoms with Crippen LogP contribution in [0.2, 0.25) is 0 Å². The number of aryl methyl sites for hydroxylation is 2. The molecule has 6 nitrogen and oxygen atoms in total. The van der Waals surface area contributed by atoms with Crippen LogP contribution in [0.4, 0.5) is 5.13 Å². The number of amides is 1. The second-order valence-corrected chi connectivity index (χ2v) is 9.67. The maximum absolute atomic E-state index is 12.5. The van der Waals surface area contributed by atoms with Crippen LogP contribution < -0.4 is 15.0 Å². The molecule has 2 aromatic carbocycles. The van der Waals surface area contributed by atoms with E-state index in [1.165, 1.54) is 15.8 Å². The predicted octanol–water partition coefficient (Wildman–Crippen LogP) is 4.64. The monoisotopic (exact) mass is 466 g/mol. The van der Waals surface area contributed by atoms with Crippen LogP contribution in [0.5, 0.6) is 5.75 Å². The molecule has 1 aromatic heterocycles. The van der Waals surface area contributed by atoms with Crippen LogP contribution in [-0.4, -0.2) is 61.7 Å². The summed E-state index contributed by atoms with van der Waals surface area (Å²) in [7, 11) is 0. The quantitative estimate of drug-likeness (QED) is 0.466. The van der Waals surface area contributed by atoms with Gasteiger partial charge in [0, 0.05) is 44.8 Å². The summed E-state index contributed by atoms with van der Waals surface area (Å²) < 4.78 is 6.98. The van der Waals surface area contributed by atoms with Gasteiger partial charge in [-0.3, -0.25) is 9.69 Å². The first kappa shape index (κ1) is 23.5. The number of hydrogen-bond acceptors (Lipinski definition) is 6. The summed E-state index contributed by atoms with van der Waals surface area (Å²) in [5.41, 5.74) is 4.36. The lowest BCUT2D eigenvalue weighted by atomic mass is 10.1. The fraction of sp³-hybridized carbons (Fsp3) is 0.462. The third kappa shape index (κ3) is 5.84. The molecule has 0 saturated carbocycles. The van der Waals surface area contributed by atoms with E-state index in [1.54, 1.807) is 11.3 Å². The molecule has 1 aliphatic heterocycles. The third-order valence-corrected chi connectivity index (χ3v) is 7.37. The van der Waals surface area contributed by atoms with Crippen molar-refractivity contribution in [1.29, 1.82) is 0 Å². The fourth-order valence-electron chi connectivity index (χ4n) is 4.00. The van der Waals surface area contributed by atoms with Crippen molar-refractivity contribution in [2.75, 3.05) is 50.8 Å². The number of unbranched alkanes of at least 4 members (excludes halogenated alkanes) is 1. The van der Waals surface area contributed by atoms with E-state index in [4.69, 9.17) is 9.72 Å².